The largest absolute Gasteiger partial charge is 0.494 e. The maximum Gasteiger partial charge on any atom is 0.137 e. The third-order valence-electron chi connectivity index (χ3n) is 5.45. The van der Waals surface area contributed by atoms with Crippen LogP contribution in [0.3, 0.4) is 0 Å². The molecule has 0 saturated heterocycles. The molecule has 31 heavy (non-hydrogen) atoms. The first-order chi connectivity index (χ1) is 15.2. The quantitative estimate of drug-likeness (QED) is 0.238. The monoisotopic (exact) mass is 429 g/mol. The molecule has 0 aliphatic heterocycles. The van der Waals surface area contributed by atoms with Gasteiger partial charge < -0.3 is 9.47 Å². The van der Waals surface area contributed by atoms with Gasteiger partial charge in [0.05, 0.1) is 18.5 Å². The first-order valence-electron chi connectivity index (χ1n) is 12.2. The van der Waals surface area contributed by atoms with Crippen molar-refractivity contribution in [3.8, 4) is 22.8 Å². The molecule has 1 aromatic carbocycles. The average molecular weight is 430 g/mol. The van der Waals surface area contributed by atoms with Crippen molar-refractivity contribution in [2.75, 3.05) is 13.2 Å². The van der Waals surface area contributed by atoms with Gasteiger partial charge in [0.15, 0.2) is 0 Å². The van der Waals surface area contributed by atoms with E-state index in [1.165, 1.54) is 44.9 Å². The Balaban J connectivity index is 1.68. The number of halogens is 1. The van der Waals surface area contributed by atoms with Gasteiger partial charge in [-0.1, -0.05) is 71.6 Å². The average Bonchev–Trinajstić information content (AvgIpc) is 2.80. The third-order valence-corrected chi connectivity index (χ3v) is 5.45. The van der Waals surface area contributed by atoms with E-state index in [4.69, 9.17) is 9.47 Å². The lowest BCUT2D eigenvalue weighted by atomic mass is 10.1. The zero-order valence-electron chi connectivity index (χ0n) is 19.5. The highest BCUT2D eigenvalue weighted by molar-refractivity contribution is 5.60. The fraction of sp³-hybridized carbons (Fsp3) is 0.593. The maximum atomic E-state index is 14.0. The van der Waals surface area contributed by atoms with Crippen LogP contribution in [0.1, 0.15) is 84.5 Å². The molecule has 0 aliphatic rings. The topological polar surface area (TPSA) is 31.4 Å². The predicted molar refractivity (Wildman–Crippen MR) is 128 cm³/mol. The summed E-state index contributed by atoms with van der Waals surface area (Å²) in [6, 6.07) is 11.8. The van der Waals surface area contributed by atoms with Gasteiger partial charge in [0.1, 0.15) is 24.3 Å². The second kappa shape index (κ2) is 15.7. The molecule has 0 saturated carbocycles. The van der Waals surface area contributed by atoms with E-state index < -0.39 is 6.17 Å². The van der Waals surface area contributed by atoms with Crippen LogP contribution in [-0.4, -0.2) is 24.4 Å². The minimum Gasteiger partial charge on any atom is -0.494 e. The molecule has 1 unspecified atom stereocenters. The fourth-order valence-electron chi connectivity index (χ4n) is 3.49. The molecular weight excluding hydrogens is 389 g/mol. The van der Waals surface area contributed by atoms with Crippen LogP contribution in [0.4, 0.5) is 4.39 Å². The van der Waals surface area contributed by atoms with Gasteiger partial charge in [-0.3, -0.25) is 4.98 Å². The molecule has 2 rings (SSSR count). The van der Waals surface area contributed by atoms with Crippen molar-refractivity contribution >= 4 is 0 Å². The Hall–Kier alpha value is -2.10. The Kier molecular flexibility index (Phi) is 12.7. The van der Waals surface area contributed by atoms with Crippen molar-refractivity contribution in [3.05, 3.63) is 42.6 Å². The van der Waals surface area contributed by atoms with Gasteiger partial charge in [-0.15, -0.1) is 0 Å². The lowest BCUT2D eigenvalue weighted by Gasteiger charge is -2.11. The van der Waals surface area contributed by atoms with E-state index in [1.807, 2.05) is 36.4 Å². The number of aromatic nitrogens is 1. The summed E-state index contributed by atoms with van der Waals surface area (Å²) < 4.78 is 25.4. The first kappa shape index (κ1) is 25.2. The highest BCUT2D eigenvalue weighted by Crippen LogP contribution is 2.23. The van der Waals surface area contributed by atoms with Crippen molar-refractivity contribution in [2.45, 2.75) is 90.6 Å². The van der Waals surface area contributed by atoms with Crippen molar-refractivity contribution in [1.29, 1.82) is 0 Å². The third kappa shape index (κ3) is 10.7. The predicted octanol–water partition coefficient (Wildman–Crippen LogP) is 8.18. The number of rotatable bonds is 17. The number of nitrogens with zero attached hydrogens (tertiary/aromatic N) is 1. The van der Waals surface area contributed by atoms with Crippen LogP contribution in [0.2, 0.25) is 0 Å². The Morgan fingerprint density at radius 1 is 0.742 bits per heavy atom. The highest BCUT2D eigenvalue weighted by Gasteiger charge is 2.08. The van der Waals surface area contributed by atoms with Crippen molar-refractivity contribution in [2.24, 2.45) is 0 Å². The minimum atomic E-state index is -0.916. The van der Waals surface area contributed by atoms with Crippen LogP contribution in [0.5, 0.6) is 11.5 Å². The molecule has 0 aliphatic carbocycles. The Morgan fingerprint density at radius 2 is 1.39 bits per heavy atom. The van der Waals surface area contributed by atoms with Crippen LogP contribution in [0.15, 0.2) is 42.6 Å². The molecule has 1 aromatic heterocycles. The standard InChI is InChI=1S/C27H40FNO2/c1-3-5-7-9-10-11-13-24(28)22-31-26-18-19-27(29-21-26)23-14-16-25(17-15-23)30-20-12-8-6-4-2/h14-19,21,24H,3-13,20,22H2,1-2H3. The summed E-state index contributed by atoms with van der Waals surface area (Å²) in [6.07, 6.45) is 13.2. The number of hydrogen-bond acceptors (Lipinski definition) is 3. The zero-order valence-corrected chi connectivity index (χ0v) is 19.5. The van der Waals surface area contributed by atoms with Crippen LogP contribution < -0.4 is 9.47 Å². The number of pyridine rings is 1. The van der Waals surface area contributed by atoms with E-state index in [2.05, 4.69) is 18.8 Å². The Morgan fingerprint density at radius 3 is 2.06 bits per heavy atom. The first-order valence-corrected chi connectivity index (χ1v) is 12.2. The molecule has 0 radical (unpaired) electrons. The van der Waals surface area contributed by atoms with Crippen molar-refractivity contribution in [1.82, 2.24) is 4.98 Å². The summed E-state index contributed by atoms with van der Waals surface area (Å²) >= 11 is 0. The summed E-state index contributed by atoms with van der Waals surface area (Å²) in [7, 11) is 0. The minimum absolute atomic E-state index is 0.0975. The zero-order chi connectivity index (χ0) is 22.2. The smallest absolute Gasteiger partial charge is 0.137 e. The Bertz CT molecular complexity index is 687. The number of ether oxygens (including phenoxy) is 2. The van der Waals surface area contributed by atoms with E-state index >= 15 is 0 Å². The summed E-state index contributed by atoms with van der Waals surface area (Å²) in [5, 5.41) is 0. The normalized spacial score (nSPS) is 12.0. The Labute approximate surface area is 188 Å². The maximum absolute atomic E-state index is 14.0. The van der Waals surface area contributed by atoms with Gasteiger partial charge in [0, 0.05) is 5.56 Å². The lowest BCUT2D eigenvalue weighted by molar-refractivity contribution is 0.183. The van der Waals surface area contributed by atoms with E-state index in [0.29, 0.717) is 12.2 Å². The molecule has 0 spiro atoms. The van der Waals surface area contributed by atoms with Gasteiger partial charge in [-0.2, -0.15) is 0 Å². The molecule has 0 N–H and O–H groups in total. The number of hydrogen-bond donors (Lipinski definition) is 0. The van der Waals surface area contributed by atoms with Gasteiger partial charge in [-0.05, 0) is 49.2 Å². The number of unbranched alkanes of at least 4 members (excludes halogenated alkanes) is 8. The number of alkyl halides is 1. The molecule has 0 fully saturated rings. The van der Waals surface area contributed by atoms with Gasteiger partial charge in [0.2, 0.25) is 0 Å². The summed E-state index contributed by atoms with van der Waals surface area (Å²) in [5.41, 5.74) is 1.89. The number of benzene rings is 1. The SMILES string of the molecule is CCCCCCCCC(F)COc1ccc(-c2ccc(OCCCCCC)cc2)nc1. The van der Waals surface area contributed by atoms with Crippen LogP contribution in [0, 0.1) is 0 Å². The van der Waals surface area contributed by atoms with Crippen LogP contribution in [-0.2, 0) is 0 Å². The molecule has 1 atom stereocenters. The second-order valence-electron chi connectivity index (χ2n) is 8.28. The summed E-state index contributed by atoms with van der Waals surface area (Å²) in [6.45, 7) is 5.28. The van der Waals surface area contributed by atoms with E-state index in [1.54, 1.807) is 6.20 Å². The second-order valence-corrected chi connectivity index (χ2v) is 8.28. The van der Waals surface area contributed by atoms with E-state index in [-0.39, 0.29) is 6.61 Å². The van der Waals surface area contributed by atoms with Crippen LogP contribution >= 0.6 is 0 Å². The molecular formula is C27H40FNO2. The fourth-order valence-corrected chi connectivity index (χ4v) is 3.49. The van der Waals surface area contributed by atoms with Gasteiger partial charge >= 0.3 is 0 Å². The van der Waals surface area contributed by atoms with Gasteiger partial charge in [-0.25, -0.2) is 4.39 Å². The highest BCUT2D eigenvalue weighted by atomic mass is 19.1. The molecule has 0 amide bonds. The molecule has 0 bridgehead atoms. The molecule has 1 heterocycles. The molecule has 172 valence electrons. The molecule has 2 aromatic rings. The van der Waals surface area contributed by atoms with E-state index in [0.717, 1.165) is 42.9 Å². The van der Waals surface area contributed by atoms with Gasteiger partial charge in [0.25, 0.3) is 0 Å². The molecule has 4 heteroatoms. The van der Waals surface area contributed by atoms with Crippen molar-refractivity contribution in [3.63, 3.8) is 0 Å². The summed E-state index contributed by atoms with van der Waals surface area (Å²) in [4.78, 5) is 4.47. The summed E-state index contributed by atoms with van der Waals surface area (Å²) in [5.74, 6) is 1.50. The van der Waals surface area contributed by atoms with E-state index in [9.17, 15) is 4.39 Å². The van der Waals surface area contributed by atoms with Crippen LogP contribution in [0.25, 0.3) is 11.3 Å². The lowest BCUT2D eigenvalue weighted by Crippen LogP contribution is -2.12. The van der Waals surface area contributed by atoms with Crippen molar-refractivity contribution < 1.29 is 13.9 Å². The molecule has 3 nitrogen and oxygen atoms in total.